The predicted molar refractivity (Wildman–Crippen MR) is 276 cm³/mol. The molecule has 0 spiro atoms. The molecule has 10 rings (SSSR count). The summed E-state index contributed by atoms with van der Waals surface area (Å²) in [6.07, 6.45) is 4.80. The number of halogens is 6. The van der Waals surface area contributed by atoms with Gasteiger partial charge in [0.15, 0.2) is 11.6 Å². The lowest BCUT2D eigenvalue weighted by molar-refractivity contribution is 0.103. The lowest BCUT2D eigenvalue weighted by Crippen LogP contribution is -2.40. The van der Waals surface area contributed by atoms with Crippen molar-refractivity contribution in [2.75, 3.05) is 30.3 Å². The number of carbonyl (C=O) groups is 2. The maximum Gasteiger partial charge on any atom is 0.302 e. The van der Waals surface area contributed by atoms with E-state index in [2.05, 4.69) is 30.4 Å². The topological polar surface area (TPSA) is 220 Å². The highest BCUT2D eigenvalue weighted by atomic mass is 35.7. The lowest BCUT2D eigenvalue weighted by atomic mass is 9.95. The number of fused-ring (bicyclic) bond motifs is 5. The van der Waals surface area contributed by atoms with Crippen LogP contribution in [0.2, 0.25) is 10.0 Å². The van der Waals surface area contributed by atoms with Crippen LogP contribution < -0.4 is 20.9 Å². The summed E-state index contributed by atoms with van der Waals surface area (Å²) in [5, 5.41) is 3.10. The van der Waals surface area contributed by atoms with E-state index in [1.807, 2.05) is 16.9 Å². The van der Waals surface area contributed by atoms with Crippen LogP contribution in [0.5, 0.6) is 0 Å². The number of nitrogens with one attached hydrogen (secondary N) is 2. The van der Waals surface area contributed by atoms with E-state index in [4.69, 9.17) is 34.7 Å². The molecular weight excluding hydrogens is 1040 g/mol. The van der Waals surface area contributed by atoms with E-state index >= 15 is 0 Å². The first-order valence-electron chi connectivity index (χ1n) is 21.0. The van der Waals surface area contributed by atoms with E-state index in [1.54, 1.807) is 73.2 Å². The summed E-state index contributed by atoms with van der Waals surface area (Å²) in [5.41, 5.74) is 17.3. The fourth-order valence-electron chi connectivity index (χ4n) is 7.40. The van der Waals surface area contributed by atoms with Gasteiger partial charge < -0.3 is 11.5 Å². The smallest absolute Gasteiger partial charge is 0.302 e. The molecule has 22 heteroatoms. The van der Waals surface area contributed by atoms with Crippen molar-refractivity contribution < 1.29 is 39.6 Å². The number of hydrogen-bond donors (Lipinski definition) is 4. The molecule has 0 bridgehead atoms. The molecule has 72 heavy (non-hydrogen) atoms. The third kappa shape index (κ3) is 11.7. The van der Waals surface area contributed by atoms with Gasteiger partial charge in [-0.05, 0) is 115 Å². The molecule has 0 fully saturated rings. The Morgan fingerprint density at radius 3 is 1.64 bits per heavy atom. The summed E-state index contributed by atoms with van der Waals surface area (Å²) in [5.74, 6) is -1.73. The molecule has 0 saturated heterocycles. The van der Waals surface area contributed by atoms with Crippen molar-refractivity contribution in [3.8, 4) is 0 Å². The first kappa shape index (κ1) is 52.6. The number of ketones is 2. The van der Waals surface area contributed by atoms with Gasteiger partial charge in [0, 0.05) is 87.3 Å². The number of nitrogens with zero attached hydrogens (tertiary/aromatic N) is 4. The van der Waals surface area contributed by atoms with Crippen molar-refractivity contribution in [2.24, 2.45) is 0 Å². The molecular formula is C50H38Cl3F3N8O6S2. The standard InChI is InChI=1S/C17H13ClFN3O2S.C16H10ClFN2O.C16H11FN2O.CH4ClNO2S/c1-22-17(10-4-6-11(19)7-5-10)13-9-14(18)12-3-2-8-20-15(12)16(13)21-25(22,23)24;17-13-8-12(14(19)15-11(13)2-1-7-20-15)16(21)9-3-5-10(18)6-4-9;17-12-6-3-11(4-7-12)16(20)13-8-5-10-2-1-9-19-15(10)14(13)18;1-3-6(2,4)5/h2-9,17,21H,1H3;1-8H,19H2;1-9H,18H2;3H,1H3. The Labute approximate surface area is 425 Å². The predicted octanol–water partition coefficient (Wildman–Crippen LogP) is 10.4. The van der Waals surface area contributed by atoms with E-state index in [-0.39, 0.29) is 34.5 Å². The highest BCUT2D eigenvalue weighted by Gasteiger charge is 2.37. The molecule has 0 saturated carbocycles. The van der Waals surface area contributed by atoms with Crippen LogP contribution in [0.25, 0.3) is 32.7 Å². The Hall–Kier alpha value is -7.23. The molecule has 9 aromatic rings. The minimum Gasteiger partial charge on any atom is -0.396 e. The number of rotatable bonds is 6. The quantitative estimate of drug-likeness (QED) is 0.0697. The molecule has 1 atom stereocenters. The number of pyridine rings is 3. The number of anilines is 3. The molecule has 14 nitrogen and oxygen atoms in total. The van der Waals surface area contributed by atoms with E-state index in [9.17, 15) is 39.6 Å². The number of hydrogen-bond acceptors (Lipinski definition) is 11. The SMILES string of the molecule is CN1C(c2ccc(F)cc2)c2cc(Cl)c3cccnc3c2NS1(=O)=O.CNS(=O)(=O)Cl.Nc1c(C(=O)c2ccc(F)cc2)cc(Cl)c2cccnc12.Nc1c(C(=O)c2ccc(F)cc2)ccc2cccnc12. The van der Waals surface area contributed by atoms with Gasteiger partial charge in [0.05, 0.1) is 49.7 Å². The molecule has 3 aromatic heterocycles. The zero-order valence-electron chi connectivity index (χ0n) is 37.5. The van der Waals surface area contributed by atoms with Gasteiger partial charge in [0.2, 0.25) is 0 Å². The first-order chi connectivity index (χ1) is 34.2. The third-order valence-electron chi connectivity index (χ3n) is 11.0. The van der Waals surface area contributed by atoms with Crippen molar-refractivity contribution in [3.63, 3.8) is 0 Å². The average Bonchev–Trinajstić information content (AvgIpc) is 3.37. The van der Waals surface area contributed by atoms with Crippen LogP contribution in [0.3, 0.4) is 0 Å². The Morgan fingerprint density at radius 2 is 1.10 bits per heavy atom. The second kappa shape index (κ2) is 22.0. The maximum atomic E-state index is 13.3. The molecule has 6 aromatic carbocycles. The van der Waals surface area contributed by atoms with Gasteiger partial charge in [0.1, 0.15) is 17.5 Å². The zero-order chi connectivity index (χ0) is 52.1. The highest BCUT2D eigenvalue weighted by Crippen LogP contribution is 2.44. The molecule has 6 N–H and O–H groups in total. The Balaban J connectivity index is 0.000000151. The van der Waals surface area contributed by atoms with Crippen LogP contribution in [-0.4, -0.2) is 61.8 Å². The summed E-state index contributed by atoms with van der Waals surface area (Å²) in [6.45, 7) is 0. The molecule has 4 heterocycles. The molecule has 0 aliphatic carbocycles. The summed E-state index contributed by atoms with van der Waals surface area (Å²) in [6, 6.07) is 33.2. The molecule has 1 unspecified atom stereocenters. The first-order valence-corrected chi connectivity index (χ1v) is 25.5. The van der Waals surface area contributed by atoms with E-state index in [1.165, 1.54) is 85.1 Å². The molecule has 368 valence electrons. The Kier molecular flexibility index (Phi) is 16.1. The number of carbonyl (C=O) groups excluding carboxylic acids is 2. The van der Waals surface area contributed by atoms with Crippen LogP contribution in [0.15, 0.2) is 152 Å². The molecule has 0 radical (unpaired) electrons. The van der Waals surface area contributed by atoms with Crippen LogP contribution >= 0.6 is 33.9 Å². The van der Waals surface area contributed by atoms with Crippen LogP contribution in [-0.2, 0) is 19.4 Å². The van der Waals surface area contributed by atoms with Gasteiger partial charge in [-0.15, -0.1) is 0 Å². The van der Waals surface area contributed by atoms with Crippen LogP contribution in [0.1, 0.15) is 49.0 Å². The Morgan fingerprint density at radius 1 is 0.653 bits per heavy atom. The number of nitrogens with two attached hydrogens (primary N) is 2. The number of aromatic nitrogens is 3. The minimum absolute atomic E-state index is 0.241. The fraction of sp³-hybridized carbons (Fsp3) is 0.0600. The Bertz CT molecular complexity index is 3750. The second-order valence-electron chi connectivity index (χ2n) is 15.4. The molecule has 1 aliphatic heterocycles. The van der Waals surface area contributed by atoms with Crippen LogP contribution in [0.4, 0.5) is 30.2 Å². The minimum atomic E-state index is -3.78. The summed E-state index contributed by atoms with van der Waals surface area (Å²) >= 11 is 12.6. The van der Waals surface area contributed by atoms with Gasteiger partial charge in [-0.25, -0.2) is 17.9 Å². The van der Waals surface area contributed by atoms with Crippen molar-refractivity contribution in [2.45, 2.75) is 6.04 Å². The summed E-state index contributed by atoms with van der Waals surface area (Å²) in [4.78, 5) is 37.5. The lowest BCUT2D eigenvalue weighted by Gasteiger charge is -2.35. The van der Waals surface area contributed by atoms with Gasteiger partial charge in [-0.1, -0.05) is 47.5 Å². The van der Waals surface area contributed by atoms with Gasteiger partial charge in [0.25, 0.3) is 9.24 Å². The van der Waals surface area contributed by atoms with Crippen molar-refractivity contribution in [1.82, 2.24) is 24.0 Å². The molecule has 0 amide bonds. The van der Waals surface area contributed by atoms with Gasteiger partial charge in [-0.2, -0.15) is 21.1 Å². The van der Waals surface area contributed by atoms with E-state index in [0.717, 1.165) is 5.39 Å². The maximum absolute atomic E-state index is 13.3. The number of nitrogen functional groups attached to an aromatic ring is 2. The van der Waals surface area contributed by atoms with Gasteiger partial charge >= 0.3 is 10.2 Å². The highest BCUT2D eigenvalue weighted by molar-refractivity contribution is 8.12. The monoisotopic (exact) mass is 1070 g/mol. The van der Waals surface area contributed by atoms with Crippen LogP contribution in [0, 0.1) is 17.5 Å². The molecule has 1 aliphatic rings. The normalized spacial score (nSPS) is 13.8. The van der Waals surface area contributed by atoms with Crippen molar-refractivity contribution >= 4 is 115 Å². The van der Waals surface area contributed by atoms with E-state index < -0.39 is 31.3 Å². The van der Waals surface area contributed by atoms with Crippen molar-refractivity contribution in [1.29, 1.82) is 0 Å². The fourth-order valence-corrected chi connectivity index (χ4v) is 9.06. The number of benzene rings is 6. The summed E-state index contributed by atoms with van der Waals surface area (Å²) < 4.78 is 89.3. The largest absolute Gasteiger partial charge is 0.396 e. The summed E-state index contributed by atoms with van der Waals surface area (Å²) in [7, 11) is 0.0653. The zero-order valence-corrected chi connectivity index (χ0v) is 41.4. The third-order valence-corrected chi connectivity index (χ3v) is 14.0. The van der Waals surface area contributed by atoms with Crippen molar-refractivity contribution in [3.05, 3.63) is 213 Å². The second-order valence-corrected chi connectivity index (χ2v) is 20.5. The average molecular weight is 1070 g/mol. The van der Waals surface area contributed by atoms with E-state index in [0.29, 0.717) is 76.6 Å². The van der Waals surface area contributed by atoms with Gasteiger partial charge in [-0.3, -0.25) is 29.3 Å².